The monoisotopic (exact) mass is 494 g/mol. The lowest BCUT2D eigenvalue weighted by Crippen LogP contribution is -2.48. The smallest absolute Gasteiger partial charge is 0.262 e. The minimum Gasteiger partial charge on any atom is -0.340 e. The van der Waals surface area contributed by atoms with Crippen molar-refractivity contribution in [1.29, 1.82) is 0 Å². The van der Waals surface area contributed by atoms with E-state index in [1.807, 2.05) is 45.0 Å². The van der Waals surface area contributed by atoms with Gasteiger partial charge in [0.2, 0.25) is 0 Å². The second kappa shape index (κ2) is 11.2. The number of hydrogen-bond donors (Lipinski definition) is 2. The van der Waals surface area contributed by atoms with Gasteiger partial charge in [0.05, 0.1) is 6.21 Å². The molecule has 37 heavy (non-hydrogen) atoms. The molecule has 6 heteroatoms. The van der Waals surface area contributed by atoms with Gasteiger partial charge in [0.1, 0.15) is 6.04 Å². The molecule has 4 aromatic rings. The van der Waals surface area contributed by atoms with Crippen LogP contribution in [0, 0.1) is 26.7 Å². The van der Waals surface area contributed by atoms with E-state index in [0.29, 0.717) is 5.56 Å². The topological polar surface area (TPSA) is 75.5 Å². The van der Waals surface area contributed by atoms with Crippen molar-refractivity contribution in [2.24, 2.45) is 11.0 Å². The molecule has 1 unspecified atom stereocenters. The van der Waals surface area contributed by atoms with Gasteiger partial charge >= 0.3 is 0 Å². The van der Waals surface area contributed by atoms with Crippen LogP contribution in [0.4, 0.5) is 0 Å². The summed E-state index contributed by atoms with van der Waals surface area (Å²) in [4.78, 5) is 25.7. The zero-order valence-electron chi connectivity index (χ0n) is 22.1. The van der Waals surface area contributed by atoms with Gasteiger partial charge in [-0.15, -0.1) is 0 Å². The Labute approximate surface area is 218 Å². The summed E-state index contributed by atoms with van der Waals surface area (Å²) in [6, 6.07) is 23.3. The molecule has 3 aromatic carbocycles. The van der Waals surface area contributed by atoms with Gasteiger partial charge in [0, 0.05) is 34.3 Å². The van der Waals surface area contributed by atoms with E-state index in [9.17, 15) is 9.59 Å². The van der Waals surface area contributed by atoms with Crippen LogP contribution in [0.3, 0.4) is 0 Å². The van der Waals surface area contributed by atoms with E-state index < -0.39 is 6.04 Å². The third-order valence-electron chi connectivity index (χ3n) is 6.62. The fourth-order valence-electron chi connectivity index (χ4n) is 4.51. The minimum absolute atomic E-state index is 0.109. The van der Waals surface area contributed by atoms with Gasteiger partial charge in [-0.2, -0.15) is 5.10 Å². The number of amides is 2. The van der Waals surface area contributed by atoms with Gasteiger partial charge in [-0.25, -0.2) is 5.43 Å². The van der Waals surface area contributed by atoms with Crippen molar-refractivity contribution in [3.8, 4) is 0 Å². The summed E-state index contributed by atoms with van der Waals surface area (Å²) in [6.07, 6.45) is 1.70. The van der Waals surface area contributed by atoms with E-state index >= 15 is 0 Å². The number of hydrogen-bond acceptors (Lipinski definition) is 3. The van der Waals surface area contributed by atoms with Gasteiger partial charge in [0.25, 0.3) is 11.8 Å². The first kappa shape index (κ1) is 25.9. The van der Waals surface area contributed by atoms with Crippen LogP contribution >= 0.6 is 0 Å². The van der Waals surface area contributed by atoms with Crippen molar-refractivity contribution in [2.45, 2.75) is 47.2 Å². The highest BCUT2D eigenvalue weighted by Crippen LogP contribution is 2.25. The van der Waals surface area contributed by atoms with E-state index in [2.05, 4.69) is 70.7 Å². The largest absolute Gasteiger partial charge is 0.340 e. The van der Waals surface area contributed by atoms with Gasteiger partial charge in [-0.1, -0.05) is 79.6 Å². The highest BCUT2D eigenvalue weighted by Gasteiger charge is 2.24. The molecule has 0 radical (unpaired) electrons. The Kier molecular flexibility index (Phi) is 7.87. The number of carbonyl (C=O) groups is 2. The molecule has 1 heterocycles. The van der Waals surface area contributed by atoms with Crippen LogP contribution in [0.1, 0.15) is 52.2 Å². The Morgan fingerprint density at radius 3 is 2.35 bits per heavy atom. The summed E-state index contributed by atoms with van der Waals surface area (Å²) in [7, 11) is 0. The number of hydrazone groups is 1. The third-order valence-corrected chi connectivity index (χ3v) is 6.62. The molecule has 0 aliphatic rings. The molecule has 6 nitrogen and oxygen atoms in total. The molecule has 2 N–H and O–H groups in total. The first-order valence-electron chi connectivity index (χ1n) is 12.6. The Hall–Kier alpha value is -4.19. The third kappa shape index (κ3) is 5.97. The van der Waals surface area contributed by atoms with E-state index in [-0.39, 0.29) is 17.7 Å². The molecule has 0 aliphatic heterocycles. The lowest BCUT2D eigenvalue weighted by molar-refractivity contribution is -0.123. The number of nitrogens with one attached hydrogen (secondary N) is 2. The van der Waals surface area contributed by atoms with E-state index in [1.54, 1.807) is 18.3 Å². The SMILES string of the molecule is Cc1ccc(C(=O)NC(C(=O)NN=Cc2c(C)n(Cc3cccc(C)c3)c3ccccc23)C(C)C)cc1. The molecule has 0 saturated heterocycles. The van der Waals surface area contributed by atoms with Crippen LogP contribution in [-0.4, -0.2) is 28.6 Å². The average Bonchev–Trinajstić information content (AvgIpc) is 3.13. The Balaban J connectivity index is 1.52. The number of fused-ring (bicyclic) bond motifs is 1. The van der Waals surface area contributed by atoms with E-state index in [4.69, 9.17) is 0 Å². The van der Waals surface area contributed by atoms with Crippen LogP contribution < -0.4 is 10.7 Å². The van der Waals surface area contributed by atoms with Crippen molar-refractivity contribution in [2.75, 3.05) is 0 Å². The van der Waals surface area contributed by atoms with Crippen molar-refractivity contribution in [3.63, 3.8) is 0 Å². The minimum atomic E-state index is -0.713. The maximum atomic E-state index is 13.0. The summed E-state index contributed by atoms with van der Waals surface area (Å²) in [6.45, 7) is 10.7. The molecular weight excluding hydrogens is 460 g/mol. The van der Waals surface area contributed by atoms with Crippen LogP contribution in [-0.2, 0) is 11.3 Å². The first-order valence-corrected chi connectivity index (χ1v) is 12.6. The Bertz CT molecular complexity index is 1450. The number of aromatic nitrogens is 1. The zero-order chi connectivity index (χ0) is 26.5. The fourth-order valence-corrected chi connectivity index (χ4v) is 4.51. The standard InChI is InChI=1S/C31H34N4O2/c1-20(2)29(33-30(36)25-15-13-21(3)14-16-25)31(37)34-32-18-27-23(5)35(28-12-7-6-11-26(27)28)19-24-10-8-9-22(4)17-24/h6-18,20,29H,19H2,1-5H3,(H,33,36)(H,34,37). The number of aryl methyl sites for hydroxylation is 2. The lowest BCUT2D eigenvalue weighted by Gasteiger charge is -2.20. The van der Waals surface area contributed by atoms with Crippen molar-refractivity contribution >= 4 is 28.9 Å². The predicted molar refractivity (Wildman–Crippen MR) is 150 cm³/mol. The fraction of sp³-hybridized carbons (Fsp3) is 0.258. The first-order chi connectivity index (χ1) is 17.7. The number of nitrogens with zero attached hydrogens (tertiary/aromatic N) is 2. The molecule has 0 aliphatic carbocycles. The highest BCUT2D eigenvalue weighted by atomic mass is 16.2. The molecule has 2 amide bonds. The molecule has 1 aromatic heterocycles. The maximum absolute atomic E-state index is 13.0. The summed E-state index contributed by atoms with van der Waals surface area (Å²) in [5.74, 6) is -0.747. The molecule has 4 rings (SSSR count). The lowest BCUT2D eigenvalue weighted by atomic mass is 10.0. The van der Waals surface area contributed by atoms with Gasteiger partial charge in [0.15, 0.2) is 0 Å². The van der Waals surface area contributed by atoms with Crippen LogP contribution in [0.25, 0.3) is 10.9 Å². The van der Waals surface area contributed by atoms with Crippen molar-refractivity contribution in [1.82, 2.24) is 15.3 Å². The maximum Gasteiger partial charge on any atom is 0.262 e. The van der Waals surface area contributed by atoms with Crippen molar-refractivity contribution in [3.05, 3.63) is 106 Å². The molecular formula is C31H34N4O2. The molecule has 190 valence electrons. The number of benzene rings is 3. The predicted octanol–water partition coefficient (Wildman–Crippen LogP) is 5.52. The normalized spacial score (nSPS) is 12.3. The van der Waals surface area contributed by atoms with Crippen LogP contribution in [0.5, 0.6) is 0 Å². The second-order valence-corrected chi connectivity index (χ2v) is 9.89. The Morgan fingerprint density at radius 1 is 0.919 bits per heavy atom. The quantitative estimate of drug-likeness (QED) is 0.250. The van der Waals surface area contributed by atoms with E-state index in [1.165, 1.54) is 11.1 Å². The number of para-hydroxylation sites is 1. The summed E-state index contributed by atoms with van der Waals surface area (Å²) in [5, 5.41) is 8.21. The van der Waals surface area contributed by atoms with Gasteiger partial charge in [-0.05, 0) is 50.5 Å². The molecule has 1 atom stereocenters. The highest BCUT2D eigenvalue weighted by molar-refractivity contribution is 6.02. The second-order valence-electron chi connectivity index (χ2n) is 9.89. The van der Waals surface area contributed by atoms with Gasteiger partial charge < -0.3 is 9.88 Å². The van der Waals surface area contributed by atoms with E-state index in [0.717, 1.165) is 34.3 Å². The summed E-state index contributed by atoms with van der Waals surface area (Å²) < 4.78 is 2.27. The van der Waals surface area contributed by atoms with Crippen molar-refractivity contribution < 1.29 is 9.59 Å². The Morgan fingerprint density at radius 2 is 1.65 bits per heavy atom. The number of rotatable bonds is 8. The molecule has 0 bridgehead atoms. The molecule has 0 fully saturated rings. The van der Waals surface area contributed by atoms with Crippen LogP contribution in [0.2, 0.25) is 0 Å². The zero-order valence-corrected chi connectivity index (χ0v) is 22.1. The summed E-state index contributed by atoms with van der Waals surface area (Å²) in [5.41, 5.74) is 9.81. The van der Waals surface area contributed by atoms with Crippen LogP contribution in [0.15, 0.2) is 77.9 Å². The average molecular weight is 495 g/mol. The summed E-state index contributed by atoms with van der Waals surface area (Å²) >= 11 is 0. The van der Waals surface area contributed by atoms with Gasteiger partial charge in [-0.3, -0.25) is 9.59 Å². The molecule has 0 spiro atoms. The number of carbonyl (C=O) groups excluding carboxylic acids is 2. The molecule has 0 saturated carbocycles.